The lowest BCUT2D eigenvalue weighted by molar-refractivity contribution is -0.141. The van der Waals surface area contributed by atoms with E-state index in [1.165, 1.54) is 6.20 Å². The molecule has 7 heteroatoms. The zero-order valence-electron chi connectivity index (χ0n) is 12.7. The largest absolute Gasteiger partial charge is 0.433 e. The Morgan fingerprint density at radius 3 is 2.82 bits per heavy atom. The zero-order valence-corrected chi connectivity index (χ0v) is 12.7. The van der Waals surface area contributed by atoms with Crippen LogP contribution in [0.2, 0.25) is 0 Å². The molecule has 0 N–H and O–H groups in total. The second kappa shape index (κ2) is 5.37. The Bertz CT molecular complexity index is 549. The average Bonchev–Trinajstić information content (AvgIpc) is 3.06. The highest BCUT2D eigenvalue weighted by Crippen LogP contribution is 2.41. The third-order valence-corrected chi connectivity index (χ3v) is 4.71. The van der Waals surface area contributed by atoms with Gasteiger partial charge in [0.15, 0.2) is 0 Å². The van der Waals surface area contributed by atoms with Gasteiger partial charge in [0.05, 0.1) is 12.2 Å². The number of ether oxygens (including phenoxy) is 1. The normalized spacial score (nSPS) is 29.0. The van der Waals surface area contributed by atoms with Crippen LogP contribution in [0.1, 0.15) is 32.4 Å². The van der Waals surface area contributed by atoms with E-state index in [9.17, 15) is 13.2 Å². The summed E-state index contributed by atoms with van der Waals surface area (Å²) in [4.78, 5) is 9.48. The van der Waals surface area contributed by atoms with Gasteiger partial charge in [-0.2, -0.15) is 13.2 Å². The maximum Gasteiger partial charge on any atom is 0.433 e. The minimum Gasteiger partial charge on any atom is -0.373 e. The number of aromatic nitrogens is 2. The van der Waals surface area contributed by atoms with E-state index in [0.29, 0.717) is 24.9 Å². The first-order chi connectivity index (χ1) is 10.3. The van der Waals surface area contributed by atoms with Crippen molar-refractivity contribution in [1.82, 2.24) is 9.97 Å². The fourth-order valence-electron chi connectivity index (χ4n) is 3.27. The number of alkyl halides is 3. The van der Waals surface area contributed by atoms with E-state index in [0.717, 1.165) is 25.5 Å². The van der Waals surface area contributed by atoms with Gasteiger partial charge in [-0.15, -0.1) is 0 Å². The average molecular weight is 315 g/mol. The van der Waals surface area contributed by atoms with Crippen molar-refractivity contribution in [1.29, 1.82) is 0 Å². The SMILES string of the molecule is CC(C)[C@@H]1CO[C@@]2(CCN(c3nccc(C(F)(F)F)n3)C2)C1. The van der Waals surface area contributed by atoms with E-state index in [2.05, 4.69) is 23.8 Å². The van der Waals surface area contributed by atoms with Gasteiger partial charge in [-0.05, 0) is 30.7 Å². The molecule has 3 rings (SSSR count). The Morgan fingerprint density at radius 1 is 1.41 bits per heavy atom. The first-order valence-corrected chi connectivity index (χ1v) is 7.58. The fourth-order valence-corrected chi connectivity index (χ4v) is 3.27. The molecule has 0 saturated carbocycles. The summed E-state index contributed by atoms with van der Waals surface area (Å²) >= 11 is 0. The van der Waals surface area contributed by atoms with Crippen LogP contribution in [-0.4, -0.2) is 35.3 Å². The summed E-state index contributed by atoms with van der Waals surface area (Å²) < 4.78 is 44.3. The van der Waals surface area contributed by atoms with Crippen LogP contribution in [0.3, 0.4) is 0 Å². The topological polar surface area (TPSA) is 38.2 Å². The monoisotopic (exact) mass is 315 g/mol. The summed E-state index contributed by atoms with van der Waals surface area (Å²) in [5.41, 5.74) is -1.14. The summed E-state index contributed by atoms with van der Waals surface area (Å²) in [6.07, 6.45) is -1.50. The predicted molar refractivity (Wildman–Crippen MR) is 75.5 cm³/mol. The van der Waals surface area contributed by atoms with Gasteiger partial charge < -0.3 is 9.64 Å². The summed E-state index contributed by atoms with van der Waals surface area (Å²) in [5, 5.41) is 0. The molecule has 2 aliphatic heterocycles. The molecule has 1 aromatic heterocycles. The van der Waals surface area contributed by atoms with Gasteiger partial charge in [-0.3, -0.25) is 0 Å². The standard InChI is InChI=1S/C15H20F3N3O/c1-10(2)11-7-14(22-8-11)4-6-21(9-14)13-19-5-3-12(20-13)15(16,17)18/h3,5,10-11H,4,6-9H2,1-2H3/t11-,14-/m0/s1. The van der Waals surface area contributed by atoms with Crippen molar-refractivity contribution in [2.24, 2.45) is 11.8 Å². The van der Waals surface area contributed by atoms with Gasteiger partial charge in [-0.25, -0.2) is 9.97 Å². The highest BCUT2D eigenvalue weighted by atomic mass is 19.4. The van der Waals surface area contributed by atoms with Gasteiger partial charge in [0.25, 0.3) is 0 Å². The van der Waals surface area contributed by atoms with E-state index >= 15 is 0 Å². The van der Waals surface area contributed by atoms with Crippen LogP contribution in [0, 0.1) is 11.8 Å². The fraction of sp³-hybridized carbons (Fsp3) is 0.733. The highest BCUT2D eigenvalue weighted by molar-refractivity contribution is 5.34. The molecular formula is C15H20F3N3O. The molecule has 2 saturated heterocycles. The maximum atomic E-state index is 12.8. The predicted octanol–water partition coefficient (Wildman–Crippen LogP) is 3.14. The molecule has 0 unspecified atom stereocenters. The number of halogens is 3. The van der Waals surface area contributed by atoms with Crippen LogP contribution in [0.5, 0.6) is 0 Å². The van der Waals surface area contributed by atoms with E-state index in [1.54, 1.807) is 4.90 Å². The Hall–Kier alpha value is -1.37. The van der Waals surface area contributed by atoms with Crippen molar-refractivity contribution < 1.29 is 17.9 Å². The van der Waals surface area contributed by atoms with E-state index in [4.69, 9.17) is 4.74 Å². The molecule has 0 aliphatic carbocycles. The zero-order chi connectivity index (χ0) is 16.0. The molecule has 1 aromatic rings. The minimum absolute atomic E-state index is 0.142. The van der Waals surface area contributed by atoms with Crippen molar-refractivity contribution in [3.05, 3.63) is 18.0 Å². The van der Waals surface area contributed by atoms with Crippen molar-refractivity contribution in [3.63, 3.8) is 0 Å². The highest BCUT2D eigenvalue weighted by Gasteiger charge is 2.47. The van der Waals surface area contributed by atoms with Gasteiger partial charge >= 0.3 is 6.18 Å². The lowest BCUT2D eigenvalue weighted by Gasteiger charge is -2.24. The van der Waals surface area contributed by atoms with Gasteiger partial charge in [0.2, 0.25) is 5.95 Å². The van der Waals surface area contributed by atoms with Crippen LogP contribution in [0.15, 0.2) is 12.3 Å². The second-order valence-corrected chi connectivity index (χ2v) is 6.61. The maximum absolute atomic E-state index is 12.8. The lowest BCUT2D eigenvalue weighted by atomic mass is 9.87. The van der Waals surface area contributed by atoms with Crippen LogP contribution >= 0.6 is 0 Å². The van der Waals surface area contributed by atoms with Crippen molar-refractivity contribution in [3.8, 4) is 0 Å². The first-order valence-electron chi connectivity index (χ1n) is 7.58. The summed E-state index contributed by atoms with van der Waals surface area (Å²) in [6, 6.07) is 0.899. The molecule has 4 nitrogen and oxygen atoms in total. The minimum atomic E-state index is -4.44. The number of anilines is 1. The molecule has 2 aliphatic rings. The summed E-state index contributed by atoms with van der Waals surface area (Å²) in [6.45, 7) is 6.28. The number of hydrogen-bond acceptors (Lipinski definition) is 4. The second-order valence-electron chi connectivity index (χ2n) is 6.61. The van der Waals surface area contributed by atoms with Crippen molar-refractivity contribution >= 4 is 5.95 Å². The van der Waals surface area contributed by atoms with Gasteiger partial charge in [0.1, 0.15) is 5.69 Å². The molecule has 2 fully saturated rings. The molecule has 1 spiro atoms. The number of rotatable bonds is 2. The quantitative estimate of drug-likeness (QED) is 0.840. The third kappa shape index (κ3) is 2.91. The number of hydrogen-bond donors (Lipinski definition) is 0. The first kappa shape index (κ1) is 15.5. The Labute approximate surface area is 127 Å². The van der Waals surface area contributed by atoms with E-state index in [1.807, 2.05) is 0 Å². The molecular weight excluding hydrogens is 295 g/mol. The number of nitrogens with zero attached hydrogens (tertiary/aromatic N) is 3. The molecule has 0 radical (unpaired) electrons. The van der Waals surface area contributed by atoms with Gasteiger partial charge in [0, 0.05) is 19.3 Å². The Morgan fingerprint density at radius 2 is 2.18 bits per heavy atom. The Kier molecular flexibility index (Phi) is 3.79. The van der Waals surface area contributed by atoms with E-state index in [-0.39, 0.29) is 11.5 Å². The smallest absolute Gasteiger partial charge is 0.373 e. The molecule has 22 heavy (non-hydrogen) atoms. The third-order valence-electron chi connectivity index (χ3n) is 4.71. The summed E-state index contributed by atoms with van der Waals surface area (Å²) in [5.74, 6) is 1.21. The molecule has 0 aromatic carbocycles. The molecule has 2 atom stereocenters. The lowest BCUT2D eigenvalue weighted by Crippen LogP contribution is -2.33. The van der Waals surface area contributed by atoms with Crippen molar-refractivity contribution in [2.75, 3.05) is 24.6 Å². The van der Waals surface area contributed by atoms with E-state index < -0.39 is 11.9 Å². The molecule has 122 valence electrons. The Balaban J connectivity index is 1.74. The molecule has 3 heterocycles. The van der Waals surface area contributed by atoms with Crippen LogP contribution in [0.4, 0.5) is 19.1 Å². The van der Waals surface area contributed by atoms with Crippen molar-refractivity contribution in [2.45, 2.75) is 38.5 Å². The van der Waals surface area contributed by atoms with Crippen LogP contribution in [0.25, 0.3) is 0 Å². The molecule has 0 bridgehead atoms. The van der Waals surface area contributed by atoms with Crippen LogP contribution < -0.4 is 4.90 Å². The van der Waals surface area contributed by atoms with Gasteiger partial charge in [-0.1, -0.05) is 13.8 Å². The summed E-state index contributed by atoms with van der Waals surface area (Å²) in [7, 11) is 0. The van der Waals surface area contributed by atoms with Crippen LogP contribution in [-0.2, 0) is 10.9 Å². The molecule has 0 amide bonds.